The summed E-state index contributed by atoms with van der Waals surface area (Å²) in [5.74, 6) is 0.389. The number of aliphatic hydroxyl groups is 1. The van der Waals surface area contributed by atoms with E-state index < -0.39 is 6.10 Å². The summed E-state index contributed by atoms with van der Waals surface area (Å²) in [5.41, 5.74) is 1.96. The highest BCUT2D eigenvalue weighted by molar-refractivity contribution is 6.33. The van der Waals surface area contributed by atoms with Crippen molar-refractivity contribution in [2.45, 2.75) is 19.1 Å². The normalized spacial score (nSPS) is 18.9. The van der Waals surface area contributed by atoms with Gasteiger partial charge in [-0.15, -0.1) is 0 Å². The fourth-order valence-electron chi connectivity index (χ4n) is 3.00. The second-order valence-corrected chi connectivity index (χ2v) is 6.65. The number of nitrogens with zero attached hydrogens (tertiary/aromatic N) is 1. The quantitative estimate of drug-likeness (QED) is 0.853. The number of rotatable bonds is 5. The van der Waals surface area contributed by atoms with Gasteiger partial charge in [-0.1, -0.05) is 23.7 Å². The van der Waals surface area contributed by atoms with Crippen LogP contribution in [0.15, 0.2) is 42.5 Å². The second kappa shape index (κ2) is 8.04. The van der Waals surface area contributed by atoms with Crippen LogP contribution in [0, 0.1) is 5.82 Å². The summed E-state index contributed by atoms with van der Waals surface area (Å²) in [6.45, 7) is 4.32. The molecule has 0 aliphatic carbocycles. The van der Waals surface area contributed by atoms with Gasteiger partial charge < -0.3 is 20.1 Å². The summed E-state index contributed by atoms with van der Waals surface area (Å²) in [6.07, 6.45) is -0.533. The fourth-order valence-corrected chi connectivity index (χ4v) is 3.28. The Labute approximate surface area is 152 Å². The molecule has 0 bridgehead atoms. The molecule has 25 heavy (non-hydrogen) atoms. The van der Waals surface area contributed by atoms with Crippen molar-refractivity contribution in [3.8, 4) is 5.75 Å². The molecule has 0 radical (unpaired) electrons. The molecule has 2 N–H and O–H groups in total. The Morgan fingerprint density at radius 3 is 2.76 bits per heavy atom. The smallest absolute Gasteiger partial charge is 0.123 e. The lowest BCUT2D eigenvalue weighted by Gasteiger charge is -2.38. The van der Waals surface area contributed by atoms with Crippen molar-refractivity contribution < 1.29 is 14.2 Å². The Morgan fingerprint density at radius 1 is 1.32 bits per heavy atom. The second-order valence-electron chi connectivity index (χ2n) is 6.24. The lowest BCUT2D eigenvalue weighted by molar-refractivity contribution is 0.123. The van der Waals surface area contributed by atoms with Gasteiger partial charge in [-0.05, 0) is 36.8 Å². The Bertz CT molecular complexity index is 709. The van der Waals surface area contributed by atoms with Gasteiger partial charge in [0.05, 0.1) is 22.9 Å². The van der Waals surface area contributed by atoms with E-state index in [0.29, 0.717) is 10.8 Å². The molecule has 1 aliphatic rings. The first kappa shape index (κ1) is 18.0. The van der Waals surface area contributed by atoms with Gasteiger partial charge in [0.25, 0.3) is 0 Å². The van der Waals surface area contributed by atoms with Gasteiger partial charge in [0.2, 0.25) is 0 Å². The summed E-state index contributed by atoms with van der Waals surface area (Å²) in [5, 5.41) is 13.3. The van der Waals surface area contributed by atoms with Crippen molar-refractivity contribution in [2.75, 3.05) is 31.1 Å². The van der Waals surface area contributed by atoms with Gasteiger partial charge in [-0.25, -0.2) is 4.39 Å². The molecule has 134 valence electrons. The van der Waals surface area contributed by atoms with Crippen LogP contribution in [0.4, 0.5) is 10.1 Å². The molecule has 1 aliphatic heterocycles. The summed E-state index contributed by atoms with van der Waals surface area (Å²) in [4.78, 5) is 2.23. The molecule has 0 amide bonds. The first-order valence-electron chi connectivity index (χ1n) is 8.38. The van der Waals surface area contributed by atoms with Crippen molar-refractivity contribution >= 4 is 17.3 Å². The summed E-state index contributed by atoms with van der Waals surface area (Å²) >= 11 is 6.49. The van der Waals surface area contributed by atoms with E-state index in [2.05, 4.69) is 10.2 Å². The van der Waals surface area contributed by atoms with Gasteiger partial charge >= 0.3 is 0 Å². The molecule has 2 aromatic rings. The minimum Gasteiger partial charge on any atom is -0.491 e. The summed E-state index contributed by atoms with van der Waals surface area (Å²) in [7, 11) is 0. The molecule has 4 nitrogen and oxygen atoms in total. The predicted molar refractivity (Wildman–Crippen MR) is 98.0 cm³/mol. The van der Waals surface area contributed by atoms with Crippen LogP contribution < -0.4 is 15.0 Å². The minimum absolute atomic E-state index is 0.0797. The Morgan fingerprint density at radius 2 is 2.08 bits per heavy atom. The fraction of sp³-hybridized carbons (Fsp3) is 0.368. The third kappa shape index (κ3) is 4.42. The third-order valence-electron chi connectivity index (χ3n) is 4.22. The molecule has 1 fully saturated rings. The molecular weight excluding hydrogens is 343 g/mol. The van der Waals surface area contributed by atoms with Gasteiger partial charge in [0.1, 0.15) is 18.2 Å². The molecule has 6 heteroatoms. The van der Waals surface area contributed by atoms with E-state index in [1.165, 1.54) is 12.1 Å². The highest BCUT2D eigenvalue weighted by Gasteiger charge is 2.25. The van der Waals surface area contributed by atoms with Crippen LogP contribution in [0.25, 0.3) is 0 Å². The Hall–Kier alpha value is -1.82. The molecule has 0 aromatic heterocycles. The molecule has 2 aromatic carbocycles. The zero-order valence-corrected chi connectivity index (χ0v) is 14.8. The van der Waals surface area contributed by atoms with Gasteiger partial charge in [0, 0.05) is 25.7 Å². The minimum atomic E-state index is -0.533. The third-order valence-corrected chi connectivity index (χ3v) is 4.52. The first-order chi connectivity index (χ1) is 12.0. The number of benzene rings is 2. The molecular formula is C19H22ClFN2O2. The van der Waals surface area contributed by atoms with Crippen molar-refractivity contribution in [2.24, 2.45) is 0 Å². The molecule has 1 saturated heterocycles. The number of hydrogen-bond acceptors (Lipinski definition) is 4. The molecule has 2 atom stereocenters. The average molecular weight is 365 g/mol. The maximum atomic E-state index is 13.2. The zero-order chi connectivity index (χ0) is 17.8. The molecule has 0 spiro atoms. The van der Waals surface area contributed by atoms with E-state index >= 15 is 0 Å². The molecule has 1 heterocycles. The summed E-state index contributed by atoms with van der Waals surface area (Å²) in [6, 6.07) is 12.2. The Balaban J connectivity index is 1.83. The number of ether oxygens (including phenoxy) is 1. The largest absolute Gasteiger partial charge is 0.491 e. The number of halogens is 2. The lowest BCUT2D eigenvalue weighted by atomic mass is 10.0. The van der Waals surface area contributed by atoms with Crippen LogP contribution in [0.5, 0.6) is 5.75 Å². The van der Waals surface area contributed by atoms with Gasteiger partial charge in [0.15, 0.2) is 0 Å². The number of piperazine rings is 1. The van der Waals surface area contributed by atoms with E-state index in [1.807, 2.05) is 24.3 Å². The molecule has 3 rings (SSSR count). The highest BCUT2D eigenvalue weighted by atomic mass is 35.5. The Kier molecular flexibility index (Phi) is 5.78. The predicted octanol–water partition coefficient (Wildman–Crippen LogP) is 3.39. The first-order valence-corrected chi connectivity index (χ1v) is 8.75. The summed E-state index contributed by atoms with van der Waals surface area (Å²) < 4.78 is 18.7. The van der Waals surface area contributed by atoms with Gasteiger partial charge in [-0.2, -0.15) is 0 Å². The van der Waals surface area contributed by atoms with Crippen molar-refractivity contribution in [1.82, 2.24) is 5.32 Å². The van der Waals surface area contributed by atoms with Crippen molar-refractivity contribution in [1.29, 1.82) is 0 Å². The van der Waals surface area contributed by atoms with Crippen LogP contribution >= 0.6 is 11.6 Å². The topological polar surface area (TPSA) is 44.7 Å². The van der Waals surface area contributed by atoms with Crippen LogP contribution in [0.1, 0.15) is 18.5 Å². The number of hydrogen-bond donors (Lipinski definition) is 2. The van der Waals surface area contributed by atoms with Crippen molar-refractivity contribution in [3.05, 3.63) is 58.9 Å². The maximum Gasteiger partial charge on any atom is 0.123 e. The molecule has 1 unspecified atom stereocenters. The average Bonchev–Trinajstić information content (AvgIpc) is 2.61. The standard InChI is InChI=1S/C19H22ClFN2O2/c1-13(24)12-25-16-6-7-18(17(20)10-16)23-9-8-22-11-19(23)14-2-4-15(21)5-3-14/h2-7,10,13,19,22,24H,8-9,11-12H2,1H3/t13-,19?/m1/s1. The van der Waals surface area contributed by atoms with Crippen LogP contribution in [-0.2, 0) is 0 Å². The van der Waals surface area contributed by atoms with E-state index in [0.717, 1.165) is 30.9 Å². The van der Waals surface area contributed by atoms with Crippen LogP contribution in [-0.4, -0.2) is 37.5 Å². The number of anilines is 1. The van der Waals surface area contributed by atoms with E-state index in [-0.39, 0.29) is 18.5 Å². The highest BCUT2D eigenvalue weighted by Crippen LogP contribution is 2.35. The van der Waals surface area contributed by atoms with Crippen LogP contribution in [0.2, 0.25) is 5.02 Å². The zero-order valence-electron chi connectivity index (χ0n) is 14.1. The maximum absolute atomic E-state index is 13.2. The SMILES string of the molecule is C[C@@H](O)COc1ccc(N2CCNCC2c2ccc(F)cc2)c(Cl)c1. The molecule has 0 saturated carbocycles. The number of nitrogens with one attached hydrogen (secondary N) is 1. The van der Waals surface area contributed by atoms with Crippen LogP contribution in [0.3, 0.4) is 0 Å². The van der Waals surface area contributed by atoms with E-state index in [1.54, 1.807) is 13.0 Å². The lowest BCUT2D eigenvalue weighted by Crippen LogP contribution is -2.46. The van der Waals surface area contributed by atoms with E-state index in [9.17, 15) is 9.50 Å². The van der Waals surface area contributed by atoms with Gasteiger partial charge in [-0.3, -0.25) is 0 Å². The van der Waals surface area contributed by atoms with E-state index in [4.69, 9.17) is 16.3 Å². The van der Waals surface area contributed by atoms with Crippen molar-refractivity contribution in [3.63, 3.8) is 0 Å². The monoisotopic (exact) mass is 364 g/mol. The number of aliphatic hydroxyl groups excluding tert-OH is 1.